The first-order valence-corrected chi connectivity index (χ1v) is 11.8. The molecule has 0 heterocycles. The summed E-state index contributed by atoms with van der Waals surface area (Å²) in [5.41, 5.74) is 9.74. The summed E-state index contributed by atoms with van der Waals surface area (Å²) in [6.45, 7) is 0.0643. The van der Waals surface area contributed by atoms with E-state index >= 15 is 0 Å². The largest absolute Gasteiger partial charge is 0.445 e. The third-order valence-electron chi connectivity index (χ3n) is 5.13. The van der Waals surface area contributed by atoms with E-state index in [2.05, 4.69) is 37.2 Å². The Morgan fingerprint density at radius 3 is 2.47 bits per heavy atom. The van der Waals surface area contributed by atoms with Gasteiger partial charge in [-0.25, -0.2) is 4.79 Å². The van der Waals surface area contributed by atoms with Gasteiger partial charge in [-0.15, -0.1) is 6.42 Å². The minimum Gasteiger partial charge on any atom is -0.445 e. The monoisotopic (exact) mass is 519 g/mol. The Morgan fingerprint density at radius 2 is 1.74 bits per heavy atom. The van der Waals surface area contributed by atoms with E-state index in [1.165, 1.54) is 12.1 Å². The number of nitrogens with one attached hydrogen (secondary N) is 4. The van der Waals surface area contributed by atoms with E-state index in [0.29, 0.717) is 19.4 Å². The van der Waals surface area contributed by atoms with Gasteiger partial charge in [0.15, 0.2) is 0 Å². The van der Waals surface area contributed by atoms with Crippen LogP contribution in [-0.2, 0) is 20.9 Å². The average molecular weight is 520 g/mol. The molecule has 0 spiro atoms. The number of carbonyl (C=O) groups excluding carboxylic acids is 4. The zero-order chi connectivity index (χ0) is 27.6. The molecule has 0 aliphatic rings. The lowest BCUT2D eigenvalue weighted by Crippen LogP contribution is -2.49. The van der Waals surface area contributed by atoms with Crippen molar-refractivity contribution in [3.05, 3.63) is 76.2 Å². The number of hydrogen-bond donors (Lipinski definition) is 4. The van der Waals surface area contributed by atoms with Crippen LogP contribution in [0.15, 0.2) is 59.7 Å². The van der Waals surface area contributed by atoms with Crippen LogP contribution in [0, 0.1) is 12.3 Å². The predicted octanol–water partition coefficient (Wildman–Crippen LogP) is 2.69. The van der Waals surface area contributed by atoms with Crippen LogP contribution in [0.5, 0.6) is 0 Å². The molecule has 0 aromatic heterocycles. The molecule has 0 aliphatic carbocycles. The minimum absolute atomic E-state index is 0.00700. The summed E-state index contributed by atoms with van der Waals surface area (Å²) in [4.78, 5) is 51.8. The molecule has 2 aromatic carbocycles. The molecule has 0 aliphatic heterocycles. The molecule has 0 unspecified atom stereocenters. The first-order chi connectivity index (χ1) is 18.4. The molecule has 0 saturated heterocycles. The SMILES string of the molecule is C#CCNC(=O)[C@H](CCCCNC(=O)OCc1ccccc1)NC(=O)CNC(=O)c1ccccc1N=[N+]=[N-]. The van der Waals surface area contributed by atoms with Crippen LogP contribution in [0.3, 0.4) is 0 Å². The van der Waals surface area contributed by atoms with Gasteiger partial charge in [-0.2, -0.15) is 0 Å². The van der Waals surface area contributed by atoms with Gasteiger partial charge in [0, 0.05) is 17.0 Å². The fourth-order valence-electron chi connectivity index (χ4n) is 3.27. The van der Waals surface area contributed by atoms with Gasteiger partial charge in [0.25, 0.3) is 5.91 Å². The van der Waals surface area contributed by atoms with Crippen LogP contribution in [0.25, 0.3) is 10.4 Å². The van der Waals surface area contributed by atoms with E-state index < -0.39 is 36.4 Å². The van der Waals surface area contributed by atoms with E-state index in [9.17, 15) is 19.2 Å². The number of terminal acetylenes is 1. The van der Waals surface area contributed by atoms with Crippen LogP contribution in [-0.4, -0.2) is 49.5 Å². The predicted molar refractivity (Wildman–Crippen MR) is 140 cm³/mol. The minimum atomic E-state index is -0.895. The molecular weight excluding hydrogens is 490 g/mol. The molecule has 198 valence electrons. The molecule has 38 heavy (non-hydrogen) atoms. The number of azide groups is 1. The Morgan fingerprint density at radius 1 is 1.00 bits per heavy atom. The molecule has 0 radical (unpaired) electrons. The van der Waals surface area contributed by atoms with Crippen LogP contribution >= 0.6 is 0 Å². The first-order valence-electron chi connectivity index (χ1n) is 11.8. The molecule has 12 nitrogen and oxygen atoms in total. The van der Waals surface area contributed by atoms with Gasteiger partial charge in [0.2, 0.25) is 11.8 Å². The quantitative estimate of drug-likeness (QED) is 0.0985. The molecule has 12 heteroatoms. The van der Waals surface area contributed by atoms with Gasteiger partial charge in [0.05, 0.1) is 18.8 Å². The molecule has 1 atom stereocenters. The van der Waals surface area contributed by atoms with Gasteiger partial charge in [-0.3, -0.25) is 14.4 Å². The Bertz CT molecular complexity index is 1190. The van der Waals surface area contributed by atoms with Crippen LogP contribution < -0.4 is 21.3 Å². The molecule has 4 N–H and O–H groups in total. The van der Waals surface area contributed by atoms with Gasteiger partial charge in [-0.05, 0) is 36.4 Å². The Balaban J connectivity index is 1.78. The van der Waals surface area contributed by atoms with E-state index in [1.54, 1.807) is 12.1 Å². The van der Waals surface area contributed by atoms with Crippen molar-refractivity contribution in [1.29, 1.82) is 0 Å². The Kier molecular flexibility index (Phi) is 12.8. The number of amides is 4. The van der Waals surface area contributed by atoms with E-state index in [1.807, 2.05) is 30.3 Å². The summed E-state index contributed by atoms with van der Waals surface area (Å²) in [6, 6.07) is 14.5. The average Bonchev–Trinajstić information content (AvgIpc) is 2.93. The topological polar surface area (TPSA) is 174 Å². The van der Waals surface area contributed by atoms with Crippen molar-refractivity contribution in [2.24, 2.45) is 5.11 Å². The molecule has 0 saturated carbocycles. The molecule has 2 rings (SSSR count). The summed E-state index contributed by atoms with van der Waals surface area (Å²) in [5, 5.41) is 13.6. The third kappa shape index (κ3) is 10.7. The molecule has 0 fully saturated rings. The maximum absolute atomic E-state index is 12.5. The summed E-state index contributed by atoms with van der Waals surface area (Å²) < 4.78 is 5.14. The van der Waals surface area contributed by atoms with Crippen molar-refractivity contribution in [3.63, 3.8) is 0 Å². The number of carbonyl (C=O) groups is 4. The standard InChI is InChI=1S/C26H29N7O5/c1-2-15-28-25(36)22(14-8-9-16-29-26(37)38-18-19-10-4-3-5-11-19)31-23(34)17-30-24(35)20-12-6-7-13-21(20)32-33-27/h1,3-7,10-13,22H,8-9,14-18H2,(H,28,36)(H,29,37)(H,30,35)(H,31,34)/t22-/m0/s1. The fourth-order valence-corrected chi connectivity index (χ4v) is 3.27. The van der Waals surface area contributed by atoms with E-state index in [4.69, 9.17) is 16.7 Å². The number of alkyl carbamates (subject to hydrolysis) is 1. The Hall–Kier alpha value is -5.01. The highest BCUT2D eigenvalue weighted by Crippen LogP contribution is 2.18. The second-order valence-corrected chi connectivity index (χ2v) is 7.92. The van der Waals surface area contributed by atoms with Crippen molar-refractivity contribution in [3.8, 4) is 12.3 Å². The lowest BCUT2D eigenvalue weighted by molar-refractivity contribution is -0.128. The maximum Gasteiger partial charge on any atom is 0.407 e. The first kappa shape index (κ1) is 29.2. The lowest BCUT2D eigenvalue weighted by Gasteiger charge is -2.18. The van der Waals surface area contributed by atoms with E-state index in [0.717, 1.165) is 5.56 Å². The second kappa shape index (κ2) is 16.6. The highest BCUT2D eigenvalue weighted by atomic mass is 16.5. The summed E-state index contributed by atoms with van der Waals surface area (Å²) in [5.74, 6) is 0.626. The molecule has 2 aromatic rings. The third-order valence-corrected chi connectivity index (χ3v) is 5.13. The van der Waals surface area contributed by atoms with Crippen LogP contribution in [0.1, 0.15) is 35.2 Å². The van der Waals surface area contributed by atoms with Crippen molar-refractivity contribution >= 4 is 29.5 Å². The number of hydrogen-bond acceptors (Lipinski definition) is 6. The zero-order valence-corrected chi connectivity index (χ0v) is 20.7. The van der Waals surface area contributed by atoms with Crippen molar-refractivity contribution in [2.75, 3.05) is 19.6 Å². The highest BCUT2D eigenvalue weighted by molar-refractivity contribution is 6.00. The van der Waals surface area contributed by atoms with Crippen molar-refractivity contribution < 1.29 is 23.9 Å². The van der Waals surface area contributed by atoms with Crippen molar-refractivity contribution in [2.45, 2.75) is 31.9 Å². The second-order valence-electron chi connectivity index (χ2n) is 7.92. The van der Waals surface area contributed by atoms with Gasteiger partial charge < -0.3 is 26.0 Å². The molecular formula is C26H29N7O5. The smallest absolute Gasteiger partial charge is 0.407 e. The van der Waals surface area contributed by atoms with Gasteiger partial charge >= 0.3 is 6.09 Å². The number of unbranched alkanes of at least 4 members (excludes halogenated alkanes) is 1. The van der Waals surface area contributed by atoms with Crippen LogP contribution in [0.2, 0.25) is 0 Å². The normalized spacial score (nSPS) is 10.6. The highest BCUT2D eigenvalue weighted by Gasteiger charge is 2.20. The Labute approximate surface area is 220 Å². The zero-order valence-electron chi connectivity index (χ0n) is 20.7. The van der Waals surface area contributed by atoms with Crippen molar-refractivity contribution in [1.82, 2.24) is 21.3 Å². The summed E-state index contributed by atoms with van der Waals surface area (Å²) in [6.07, 6.45) is 5.95. The van der Waals surface area contributed by atoms with Gasteiger partial charge in [-0.1, -0.05) is 59.6 Å². The summed E-state index contributed by atoms with van der Waals surface area (Å²) >= 11 is 0. The lowest BCUT2D eigenvalue weighted by atomic mass is 10.1. The number of ether oxygens (including phenoxy) is 1. The number of benzene rings is 2. The molecule has 0 bridgehead atoms. The maximum atomic E-state index is 12.5. The number of rotatable bonds is 14. The molecule has 4 amide bonds. The number of nitrogens with zero attached hydrogens (tertiary/aromatic N) is 3. The van der Waals surface area contributed by atoms with E-state index in [-0.39, 0.29) is 30.8 Å². The van der Waals surface area contributed by atoms with Crippen LogP contribution in [0.4, 0.5) is 10.5 Å². The fraction of sp³-hybridized carbons (Fsp3) is 0.308. The summed E-state index contributed by atoms with van der Waals surface area (Å²) in [7, 11) is 0. The van der Waals surface area contributed by atoms with Gasteiger partial charge in [0.1, 0.15) is 12.6 Å².